The van der Waals surface area contributed by atoms with E-state index in [0.29, 0.717) is 5.91 Å². The summed E-state index contributed by atoms with van der Waals surface area (Å²) in [5.41, 5.74) is 1.85. The van der Waals surface area contributed by atoms with Crippen molar-refractivity contribution >= 4 is 22.8 Å². The summed E-state index contributed by atoms with van der Waals surface area (Å²) >= 11 is 0. The van der Waals surface area contributed by atoms with Crippen LogP contribution >= 0.6 is 0 Å². The topological polar surface area (TPSA) is 67.2 Å². The van der Waals surface area contributed by atoms with Crippen molar-refractivity contribution in [3.63, 3.8) is 0 Å². The molecule has 1 saturated heterocycles. The quantitative estimate of drug-likeness (QED) is 0.605. The Hall–Kier alpha value is -2.96. The van der Waals surface area contributed by atoms with E-state index in [0.717, 1.165) is 80.2 Å². The number of fused-ring (bicyclic) bond motifs is 1. The van der Waals surface area contributed by atoms with Gasteiger partial charge in [-0.3, -0.25) is 4.79 Å². The number of hydrogen-bond donors (Lipinski definition) is 0. The molecule has 5 rings (SSSR count). The molecular weight excluding hydrogens is 400 g/mol. The Morgan fingerprint density at radius 2 is 1.88 bits per heavy atom. The van der Waals surface area contributed by atoms with Crippen molar-refractivity contribution in [1.29, 1.82) is 0 Å². The Bertz CT molecular complexity index is 1090. The van der Waals surface area contributed by atoms with E-state index >= 15 is 0 Å². The zero-order valence-corrected chi connectivity index (χ0v) is 19.1. The van der Waals surface area contributed by atoms with Crippen LogP contribution in [0.3, 0.4) is 0 Å². The Labute approximate surface area is 189 Å². The van der Waals surface area contributed by atoms with Gasteiger partial charge >= 0.3 is 0 Å². The van der Waals surface area contributed by atoms with Crippen molar-refractivity contribution in [3.05, 3.63) is 42.4 Å². The maximum Gasteiger partial charge on any atom is 0.225 e. The van der Waals surface area contributed by atoms with Gasteiger partial charge < -0.3 is 9.80 Å². The molecule has 32 heavy (non-hydrogen) atoms. The third-order valence-electron chi connectivity index (χ3n) is 7.04. The van der Waals surface area contributed by atoms with Gasteiger partial charge in [-0.2, -0.15) is 5.10 Å². The summed E-state index contributed by atoms with van der Waals surface area (Å²) in [6, 6.07) is 10.1. The standard InChI is InChI=1S/C25H32N6O/c1-3-18(2)22-27-23(21-17-26-31(24(21)28-22)20-11-5-4-6-12-20)29-13-8-14-30(16-15-29)25(32)19-9-7-10-19/h4-6,11-12,17-19H,3,7-10,13-16H2,1-2H3. The third kappa shape index (κ3) is 3.85. The maximum absolute atomic E-state index is 12.8. The fourth-order valence-corrected chi connectivity index (χ4v) is 4.57. The molecule has 7 heteroatoms. The highest BCUT2D eigenvalue weighted by atomic mass is 16.2. The SMILES string of the molecule is CCC(C)c1nc(N2CCCN(C(=O)C3CCC3)CC2)c2cnn(-c3ccccc3)c2n1. The second-order valence-corrected chi connectivity index (χ2v) is 9.14. The van der Waals surface area contributed by atoms with Gasteiger partial charge in [0.25, 0.3) is 0 Å². The normalized spacial score (nSPS) is 18.4. The smallest absolute Gasteiger partial charge is 0.225 e. The van der Waals surface area contributed by atoms with Gasteiger partial charge in [-0.05, 0) is 37.8 Å². The minimum atomic E-state index is 0.258. The number of rotatable bonds is 5. The fraction of sp³-hybridized carbons (Fsp3) is 0.520. The van der Waals surface area contributed by atoms with Crippen LogP contribution in [-0.4, -0.2) is 56.7 Å². The molecule has 1 atom stereocenters. The minimum absolute atomic E-state index is 0.258. The molecule has 0 spiro atoms. The van der Waals surface area contributed by atoms with Gasteiger partial charge in [-0.1, -0.05) is 38.5 Å². The molecule has 0 bridgehead atoms. The van der Waals surface area contributed by atoms with Crippen LogP contribution in [0.2, 0.25) is 0 Å². The first kappa shape index (κ1) is 20.9. The summed E-state index contributed by atoms with van der Waals surface area (Å²) in [7, 11) is 0. The number of hydrogen-bond acceptors (Lipinski definition) is 5. The second kappa shape index (κ2) is 8.88. The van der Waals surface area contributed by atoms with Crippen molar-refractivity contribution < 1.29 is 4.79 Å². The van der Waals surface area contributed by atoms with Crippen molar-refractivity contribution in [2.24, 2.45) is 5.92 Å². The number of amides is 1. The third-order valence-corrected chi connectivity index (χ3v) is 7.04. The number of aromatic nitrogens is 4. The zero-order valence-electron chi connectivity index (χ0n) is 19.1. The average molecular weight is 433 g/mol. The lowest BCUT2D eigenvalue weighted by Gasteiger charge is -2.31. The summed E-state index contributed by atoms with van der Waals surface area (Å²) in [6.45, 7) is 7.61. The largest absolute Gasteiger partial charge is 0.354 e. The van der Waals surface area contributed by atoms with Gasteiger partial charge in [0.1, 0.15) is 11.6 Å². The van der Waals surface area contributed by atoms with E-state index in [9.17, 15) is 4.79 Å². The average Bonchev–Trinajstić information content (AvgIpc) is 3.06. The molecule has 168 valence electrons. The van der Waals surface area contributed by atoms with Crippen molar-refractivity contribution in [1.82, 2.24) is 24.6 Å². The molecule has 3 aromatic rings. The van der Waals surface area contributed by atoms with Crippen LogP contribution in [0.5, 0.6) is 0 Å². The van der Waals surface area contributed by atoms with Crippen LogP contribution in [0.15, 0.2) is 36.5 Å². The highest BCUT2D eigenvalue weighted by Gasteiger charge is 2.31. The van der Waals surface area contributed by atoms with Gasteiger partial charge in [0, 0.05) is 38.0 Å². The van der Waals surface area contributed by atoms with E-state index in [1.165, 1.54) is 6.42 Å². The van der Waals surface area contributed by atoms with E-state index in [2.05, 4.69) is 28.7 Å². The number of carbonyl (C=O) groups is 1. The van der Waals surface area contributed by atoms with Gasteiger partial charge in [0.2, 0.25) is 5.91 Å². The monoisotopic (exact) mass is 432 g/mol. The molecule has 1 saturated carbocycles. The van der Waals surface area contributed by atoms with Crippen molar-refractivity contribution in [3.8, 4) is 5.69 Å². The van der Waals surface area contributed by atoms with Crippen LogP contribution in [0, 0.1) is 5.92 Å². The van der Waals surface area contributed by atoms with Crippen molar-refractivity contribution in [2.75, 3.05) is 31.1 Å². The molecule has 7 nitrogen and oxygen atoms in total. The van der Waals surface area contributed by atoms with Crippen LogP contribution < -0.4 is 4.90 Å². The molecule has 2 aliphatic rings. The molecule has 1 aromatic carbocycles. The predicted molar refractivity (Wildman–Crippen MR) is 126 cm³/mol. The van der Waals surface area contributed by atoms with E-state index in [1.54, 1.807) is 0 Å². The number of anilines is 1. The molecule has 1 unspecified atom stereocenters. The lowest BCUT2D eigenvalue weighted by Crippen LogP contribution is -2.41. The first-order valence-corrected chi connectivity index (χ1v) is 12.0. The first-order chi connectivity index (χ1) is 15.7. The molecular formula is C25H32N6O. The molecule has 0 radical (unpaired) electrons. The van der Waals surface area contributed by atoms with E-state index in [4.69, 9.17) is 9.97 Å². The number of para-hydroxylation sites is 1. The van der Waals surface area contributed by atoms with Gasteiger partial charge in [0.15, 0.2) is 5.65 Å². The summed E-state index contributed by atoms with van der Waals surface area (Å²) in [5, 5.41) is 5.65. The first-order valence-electron chi connectivity index (χ1n) is 12.0. The summed E-state index contributed by atoms with van der Waals surface area (Å²) in [4.78, 5) is 27.2. The molecule has 3 heterocycles. The van der Waals surface area contributed by atoms with Crippen LogP contribution in [-0.2, 0) is 4.79 Å². The van der Waals surface area contributed by atoms with Gasteiger partial charge in [0.05, 0.1) is 17.3 Å². The Morgan fingerprint density at radius 1 is 1.06 bits per heavy atom. The Balaban J connectivity index is 1.50. The van der Waals surface area contributed by atoms with Crippen LogP contribution in [0.25, 0.3) is 16.7 Å². The molecule has 2 aromatic heterocycles. The van der Waals surface area contributed by atoms with E-state index in [-0.39, 0.29) is 11.8 Å². The lowest BCUT2D eigenvalue weighted by atomic mass is 9.84. The summed E-state index contributed by atoms with van der Waals surface area (Å²) < 4.78 is 1.91. The molecule has 0 N–H and O–H groups in total. The summed E-state index contributed by atoms with van der Waals surface area (Å²) in [6.07, 6.45) is 7.13. The van der Waals surface area contributed by atoms with Crippen LogP contribution in [0.4, 0.5) is 5.82 Å². The molecule has 1 aliphatic heterocycles. The Kier molecular flexibility index (Phi) is 5.81. The number of carbonyl (C=O) groups excluding carboxylic acids is 1. The van der Waals surface area contributed by atoms with Gasteiger partial charge in [-0.25, -0.2) is 14.6 Å². The highest BCUT2D eigenvalue weighted by Crippen LogP contribution is 2.31. The lowest BCUT2D eigenvalue weighted by molar-refractivity contribution is -0.137. The highest BCUT2D eigenvalue weighted by molar-refractivity contribution is 5.88. The molecule has 1 amide bonds. The minimum Gasteiger partial charge on any atom is -0.354 e. The molecule has 1 aliphatic carbocycles. The van der Waals surface area contributed by atoms with Crippen molar-refractivity contribution in [2.45, 2.75) is 51.9 Å². The fourth-order valence-electron chi connectivity index (χ4n) is 4.57. The summed E-state index contributed by atoms with van der Waals surface area (Å²) in [5.74, 6) is 2.68. The number of nitrogens with zero attached hydrogens (tertiary/aromatic N) is 6. The second-order valence-electron chi connectivity index (χ2n) is 9.14. The maximum atomic E-state index is 12.8. The number of benzene rings is 1. The predicted octanol–water partition coefficient (Wildman–Crippen LogP) is 4.17. The van der Waals surface area contributed by atoms with Gasteiger partial charge in [-0.15, -0.1) is 0 Å². The van der Waals surface area contributed by atoms with E-state index < -0.39 is 0 Å². The zero-order chi connectivity index (χ0) is 22.1. The van der Waals surface area contributed by atoms with E-state index in [1.807, 2.05) is 41.2 Å². The Morgan fingerprint density at radius 3 is 2.59 bits per heavy atom. The molecule has 2 fully saturated rings. The van der Waals surface area contributed by atoms with Crippen LogP contribution in [0.1, 0.15) is 57.7 Å².